The molecule has 0 radical (unpaired) electrons. The van der Waals surface area contributed by atoms with Gasteiger partial charge in [0.05, 0.1) is 16.9 Å². The van der Waals surface area contributed by atoms with E-state index >= 15 is 0 Å². The maximum Gasteiger partial charge on any atom is 0.410 e. The Hall–Kier alpha value is -4.77. The van der Waals surface area contributed by atoms with Crippen LogP contribution < -0.4 is 16.0 Å². The number of ether oxygens (including phenoxy) is 1. The van der Waals surface area contributed by atoms with Crippen molar-refractivity contribution >= 4 is 35.3 Å². The van der Waals surface area contributed by atoms with Gasteiger partial charge in [0, 0.05) is 43.6 Å². The van der Waals surface area contributed by atoms with E-state index in [1.807, 2.05) is 82.4 Å². The van der Waals surface area contributed by atoms with Crippen LogP contribution in [-0.4, -0.2) is 71.4 Å². The van der Waals surface area contributed by atoms with Crippen LogP contribution in [0, 0.1) is 5.41 Å². The van der Waals surface area contributed by atoms with E-state index in [4.69, 9.17) is 4.74 Å². The molecule has 3 aliphatic rings. The standard InChI is InChI=1S/C38H46N6O5/c1-5-37(14-17-43(18-15-37)36(48)49-25(2)3)35(47)44(23-28-10-7-6-9-27(28)22-39-4)24-32(45)41-30-13-12-26-20-38(21-29(26)19-30)31-11-8-16-40-33(31)42-34(38)46/h6-13,16,19,25,39H,5,14-15,17-18,20-24H2,1-4H3,(H,41,45)(H,40,42,46)/t38-/m1/s1. The van der Waals surface area contributed by atoms with E-state index < -0.39 is 10.8 Å². The van der Waals surface area contributed by atoms with Crippen molar-refractivity contribution in [2.24, 2.45) is 5.41 Å². The summed E-state index contributed by atoms with van der Waals surface area (Å²) in [6.45, 7) is 7.25. The number of hydrogen-bond acceptors (Lipinski definition) is 7. The number of fused-ring (bicyclic) bond motifs is 3. The molecule has 0 bridgehead atoms. The number of nitrogens with one attached hydrogen (secondary N) is 3. The van der Waals surface area contributed by atoms with Gasteiger partial charge in [0.25, 0.3) is 0 Å². The van der Waals surface area contributed by atoms with Crippen LogP contribution in [0.5, 0.6) is 0 Å². The van der Waals surface area contributed by atoms with Gasteiger partial charge in [-0.25, -0.2) is 9.78 Å². The topological polar surface area (TPSA) is 133 Å². The fourth-order valence-corrected chi connectivity index (χ4v) is 7.65. The summed E-state index contributed by atoms with van der Waals surface area (Å²) in [6, 6.07) is 17.5. The van der Waals surface area contributed by atoms with Gasteiger partial charge in [-0.1, -0.05) is 43.3 Å². The van der Waals surface area contributed by atoms with Crippen LogP contribution in [0.25, 0.3) is 0 Å². The number of nitrogens with zero attached hydrogens (tertiary/aromatic N) is 3. The molecule has 3 heterocycles. The van der Waals surface area contributed by atoms with Crippen LogP contribution in [0.1, 0.15) is 67.9 Å². The van der Waals surface area contributed by atoms with E-state index in [2.05, 4.69) is 20.9 Å². The van der Waals surface area contributed by atoms with Crippen LogP contribution in [0.3, 0.4) is 0 Å². The van der Waals surface area contributed by atoms with Gasteiger partial charge in [-0.05, 0) is 93.5 Å². The van der Waals surface area contributed by atoms with Crippen molar-refractivity contribution in [2.45, 2.75) is 77.5 Å². The van der Waals surface area contributed by atoms with Crippen molar-refractivity contribution < 1.29 is 23.9 Å². The van der Waals surface area contributed by atoms with E-state index in [0.29, 0.717) is 63.2 Å². The first-order valence-electron chi connectivity index (χ1n) is 17.2. The fourth-order valence-electron chi connectivity index (χ4n) is 7.65. The summed E-state index contributed by atoms with van der Waals surface area (Å²) in [5.41, 5.74) is 4.21. The molecule has 49 heavy (non-hydrogen) atoms. The van der Waals surface area contributed by atoms with Crippen molar-refractivity contribution in [1.29, 1.82) is 0 Å². The maximum absolute atomic E-state index is 14.5. The molecule has 1 aliphatic carbocycles. The molecule has 4 amide bonds. The van der Waals surface area contributed by atoms with Crippen LogP contribution in [0.15, 0.2) is 60.8 Å². The second kappa shape index (κ2) is 14.0. The van der Waals surface area contributed by atoms with Crippen LogP contribution in [0.4, 0.5) is 16.3 Å². The Morgan fingerprint density at radius 3 is 2.47 bits per heavy atom. The zero-order valence-corrected chi connectivity index (χ0v) is 28.8. The highest BCUT2D eigenvalue weighted by atomic mass is 16.6. The predicted molar refractivity (Wildman–Crippen MR) is 187 cm³/mol. The maximum atomic E-state index is 14.5. The molecule has 1 saturated heterocycles. The minimum atomic E-state index is -0.707. The Balaban J connectivity index is 1.20. The van der Waals surface area contributed by atoms with Crippen LogP contribution in [-0.2, 0) is 50.5 Å². The van der Waals surface area contributed by atoms with E-state index in [1.165, 1.54) is 0 Å². The molecule has 3 N–H and O–H groups in total. The minimum absolute atomic E-state index is 0.0526. The lowest BCUT2D eigenvalue weighted by Gasteiger charge is -2.42. The van der Waals surface area contributed by atoms with Crippen molar-refractivity contribution in [1.82, 2.24) is 20.1 Å². The Bertz CT molecular complexity index is 1750. The summed E-state index contributed by atoms with van der Waals surface area (Å²) in [5.74, 6) is 0.172. The molecule has 1 aromatic heterocycles. The van der Waals surface area contributed by atoms with Gasteiger partial charge >= 0.3 is 6.09 Å². The Labute approximate surface area is 287 Å². The highest BCUT2D eigenvalue weighted by Crippen LogP contribution is 2.47. The van der Waals surface area contributed by atoms with E-state index in [-0.39, 0.29) is 43.0 Å². The number of carbonyl (C=O) groups is 4. The lowest BCUT2D eigenvalue weighted by atomic mass is 9.74. The monoisotopic (exact) mass is 666 g/mol. The van der Waals surface area contributed by atoms with Crippen molar-refractivity contribution in [3.8, 4) is 0 Å². The number of aromatic nitrogens is 1. The second-order valence-corrected chi connectivity index (χ2v) is 13.8. The molecule has 2 aromatic carbocycles. The van der Waals surface area contributed by atoms with Crippen LogP contribution in [0.2, 0.25) is 0 Å². The Kier molecular flexibility index (Phi) is 9.74. The third kappa shape index (κ3) is 6.76. The highest BCUT2D eigenvalue weighted by molar-refractivity contribution is 6.06. The molecule has 6 rings (SSSR count). The number of carbonyl (C=O) groups excluding carboxylic acids is 4. The molecule has 11 nitrogen and oxygen atoms in total. The third-order valence-corrected chi connectivity index (χ3v) is 10.4. The summed E-state index contributed by atoms with van der Waals surface area (Å²) in [6.07, 6.45) is 3.76. The smallest absolute Gasteiger partial charge is 0.410 e. The summed E-state index contributed by atoms with van der Waals surface area (Å²) in [5, 5.41) is 9.17. The van der Waals surface area contributed by atoms with Crippen molar-refractivity contribution in [2.75, 3.05) is 37.3 Å². The van der Waals surface area contributed by atoms with Gasteiger partial charge in [0.1, 0.15) is 12.4 Å². The Morgan fingerprint density at radius 1 is 1.02 bits per heavy atom. The molecule has 3 aromatic rings. The number of pyridine rings is 1. The predicted octanol–water partition coefficient (Wildman–Crippen LogP) is 4.79. The second-order valence-electron chi connectivity index (χ2n) is 13.8. The normalized spacial score (nSPS) is 19.0. The van der Waals surface area contributed by atoms with Gasteiger partial charge < -0.3 is 30.5 Å². The molecule has 1 spiro atoms. The summed E-state index contributed by atoms with van der Waals surface area (Å²) in [4.78, 5) is 61.8. The van der Waals surface area contributed by atoms with Gasteiger partial charge in [0.2, 0.25) is 17.7 Å². The molecule has 258 valence electrons. The highest BCUT2D eigenvalue weighted by Gasteiger charge is 2.51. The molecule has 0 saturated carbocycles. The molecule has 11 heteroatoms. The first-order chi connectivity index (χ1) is 23.6. The minimum Gasteiger partial charge on any atom is -0.447 e. The number of amides is 4. The average molecular weight is 667 g/mol. The van der Waals surface area contributed by atoms with Crippen molar-refractivity contribution in [3.63, 3.8) is 0 Å². The number of anilines is 2. The molecule has 0 unspecified atom stereocenters. The van der Waals surface area contributed by atoms with Gasteiger partial charge in [-0.3, -0.25) is 14.4 Å². The number of benzene rings is 2. The van der Waals surface area contributed by atoms with E-state index in [1.54, 1.807) is 16.0 Å². The van der Waals surface area contributed by atoms with Crippen molar-refractivity contribution in [3.05, 3.63) is 88.6 Å². The zero-order valence-electron chi connectivity index (χ0n) is 28.8. The largest absolute Gasteiger partial charge is 0.447 e. The third-order valence-electron chi connectivity index (χ3n) is 10.4. The molecule has 1 fully saturated rings. The lowest BCUT2D eigenvalue weighted by molar-refractivity contribution is -0.148. The summed E-state index contributed by atoms with van der Waals surface area (Å²) < 4.78 is 5.41. The van der Waals surface area contributed by atoms with Gasteiger partial charge in [0.15, 0.2) is 0 Å². The number of hydrogen-bond donors (Lipinski definition) is 3. The molecular formula is C38H46N6O5. The summed E-state index contributed by atoms with van der Waals surface area (Å²) >= 11 is 0. The van der Waals surface area contributed by atoms with Gasteiger partial charge in [-0.2, -0.15) is 0 Å². The summed E-state index contributed by atoms with van der Waals surface area (Å²) in [7, 11) is 1.88. The quantitative estimate of drug-likeness (QED) is 0.283. The van der Waals surface area contributed by atoms with E-state index in [0.717, 1.165) is 27.8 Å². The SMILES string of the molecule is CCC1(C(=O)N(CC(=O)Nc2ccc3c(c2)C[C@@]2(C3)C(=O)Nc3ncccc32)Cc2ccccc2CNC)CCN(C(=O)OC(C)C)CC1. The molecule has 1 atom stereocenters. The first kappa shape index (κ1) is 34.1. The van der Waals surface area contributed by atoms with Crippen LogP contribution >= 0.6 is 0 Å². The average Bonchev–Trinajstić information content (AvgIpc) is 3.61. The number of likely N-dealkylation sites (tertiary alicyclic amines) is 1. The zero-order chi connectivity index (χ0) is 34.8. The number of rotatable bonds is 10. The van der Waals surface area contributed by atoms with Gasteiger partial charge in [-0.15, -0.1) is 0 Å². The molecular weight excluding hydrogens is 620 g/mol. The first-order valence-corrected chi connectivity index (χ1v) is 17.2. The lowest BCUT2D eigenvalue weighted by Crippen LogP contribution is -2.52. The molecule has 2 aliphatic heterocycles. The number of piperidine rings is 1. The van der Waals surface area contributed by atoms with E-state index in [9.17, 15) is 19.2 Å². The fraction of sp³-hybridized carbons (Fsp3) is 0.447. The Morgan fingerprint density at radius 2 is 1.76 bits per heavy atom.